The van der Waals surface area contributed by atoms with E-state index in [0.717, 1.165) is 5.56 Å². The van der Waals surface area contributed by atoms with E-state index in [9.17, 15) is 12.8 Å². The molecule has 9 heteroatoms. The highest BCUT2D eigenvalue weighted by molar-refractivity contribution is 14.0. The van der Waals surface area contributed by atoms with Gasteiger partial charge in [-0.05, 0) is 38.5 Å². The fourth-order valence-corrected chi connectivity index (χ4v) is 4.12. The third kappa shape index (κ3) is 5.43. The van der Waals surface area contributed by atoms with E-state index in [1.165, 1.54) is 6.07 Å². The summed E-state index contributed by atoms with van der Waals surface area (Å²) in [5.41, 5.74) is 0.792. The number of hydrogen-bond acceptors (Lipinski definition) is 3. The summed E-state index contributed by atoms with van der Waals surface area (Å²) < 4.78 is 36.7. The fourth-order valence-electron chi connectivity index (χ4n) is 2.55. The Kier molecular flexibility index (Phi) is 7.94. The van der Waals surface area contributed by atoms with E-state index in [0.29, 0.717) is 32.1 Å². The first kappa shape index (κ1) is 22.4. The van der Waals surface area contributed by atoms with E-state index in [1.807, 2.05) is 11.8 Å². The highest BCUT2D eigenvalue weighted by Gasteiger charge is 2.40. The van der Waals surface area contributed by atoms with Crippen LogP contribution in [0, 0.1) is 5.82 Å². The molecule has 1 N–H and O–H groups in total. The Morgan fingerprint density at radius 2 is 2.12 bits per heavy atom. The molecule has 1 aromatic rings. The van der Waals surface area contributed by atoms with Crippen LogP contribution in [-0.2, 0) is 16.4 Å². The lowest BCUT2D eigenvalue weighted by Crippen LogP contribution is -2.57. The van der Waals surface area contributed by atoms with Crippen molar-refractivity contribution in [1.29, 1.82) is 0 Å². The summed E-state index contributed by atoms with van der Waals surface area (Å²) in [5, 5.41) is 3.26. The molecule has 0 aromatic heterocycles. The SMILES string of the molecule is CCNC(=NCc1ccc(F)c(Cl)c1)N1CCS(=O)(=O)C(C)(C)C1.I. The number of sulfone groups is 1. The lowest BCUT2D eigenvalue weighted by Gasteiger charge is -2.39. The van der Waals surface area contributed by atoms with Crippen LogP contribution in [0.4, 0.5) is 4.39 Å². The predicted octanol–water partition coefficient (Wildman–Crippen LogP) is 3.07. The van der Waals surface area contributed by atoms with Crippen LogP contribution in [0.1, 0.15) is 26.3 Å². The lowest BCUT2D eigenvalue weighted by atomic mass is 10.2. The van der Waals surface area contributed by atoms with Crippen LogP contribution in [0.3, 0.4) is 0 Å². The van der Waals surface area contributed by atoms with Crippen molar-refractivity contribution < 1.29 is 12.8 Å². The minimum Gasteiger partial charge on any atom is -0.357 e. The third-order valence-corrected chi connectivity index (χ3v) is 6.90. The molecule has 0 unspecified atom stereocenters. The Bertz CT molecular complexity index is 741. The van der Waals surface area contributed by atoms with Crippen molar-refractivity contribution in [3.05, 3.63) is 34.6 Å². The molecule has 0 saturated carbocycles. The summed E-state index contributed by atoms with van der Waals surface area (Å²) in [4.78, 5) is 6.50. The van der Waals surface area contributed by atoms with Crippen molar-refractivity contribution in [2.24, 2.45) is 4.99 Å². The van der Waals surface area contributed by atoms with Crippen molar-refractivity contribution in [1.82, 2.24) is 10.2 Å². The zero-order valence-corrected chi connectivity index (χ0v) is 18.5. The number of guanidine groups is 1. The molecule has 25 heavy (non-hydrogen) atoms. The van der Waals surface area contributed by atoms with Gasteiger partial charge in [0.15, 0.2) is 15.8 Å². The van der Waals surface area contributed by atoms with E-state index in [-0.39, 0.29) is 34.8 Å². The van der Waals surface area contributed by atoms with Gasteiger partial charge in [0.05, 0.1) is 22.1 Å². The van der Waals surface area contributed by atoms with Gasteiger partial charge in [0, 0.05) is 19.6 Å². The molecule has 1 saturated heterocycles. The van der Waals surface area contributed by atoms with Crippen LogP contribution >= 0.6 is 35.6 Å². The number of aliphatic imine (C=N–C) groups is 1. The maximum Gasteiger partial charge on any atom is 0.194 e. The Balaban J connectivity index is 0.00000312. The molecule has 1 aromatic carbocycles. The highest BCUT2D eigenvalue weighted by Crippen LogP contribution is 2.24. The molecule has 0 aliphatic carbocycles. The molecule has 0 bridgehead atoms. The first-order chi connectivity index (χ1) is 11.2. The second-order valence-corrected chi connectivity index (χ2v) is 9.57. The van der Waals surface area contributed by atoms with Gasteiger partial charge in [0.1, 0.15) is 5.82 Å². The van der Waals surface area contributed by atoms with Crippen LogP contribution in [0.5, 0.6) is 0 Å². The molecule has 1 aliphatic heterocycles. The monoisotopic (exact) mass is 503 g/mol. The molecule has 142 valence electrons. The molecule has 0 spiro atoms. The maximum atomic E-state index is 13.2. The van der Waals surface area contributed by atoms with E-state index >= 15 is 0 Å². The van der Waals surface area contributed by atoms with Crippen molar-refractivity contribution in [2.45, 2.75) is 32.1 Å². The van der Waals surface area contributed by atoms with E-state index in [2.05, 4.69) is 10.3 Å². The number of rotatable bonds is 3. The summed E-state index contributed by atoms with van der Waals surface area (Å²) in [6, 6.07) is 4.50. The van der Waals surface area contributed by atoms with Crippen molar-refractivity contribution in [3.63, 3.8) is 0 Å². The molecule has 0 atom stereocenters. The van der Waals surface area contributed by atoms with Crippen molar-refractivity contribution >= 4 is 51.4 Å². The lowest BCUT2D eigenvalue weighted by molar-refractivity contribution is 0.353. The minimum atomic E-state index is -3.10. The van der Waals surface area contributed by atoms with Crippen molar-refractivity contribution in [2.75, 3.05) is 25.4 Å². The minimum absolute atomic E-state index is 0. The fraction of sp³-hybridized carbons (Fsp3) is 0.562. The van der Waals surface area contributed by atoms with E-state index in [1.54, 1.807) is 26.0 Å². The van der Waals surface area contributed by atoms with Gasteiger partial charge in [0.2, 0.25) is 0 Å². The van der Waals surface area contributed by atoms with Crippen molar-refractivity contribution in [3.8, 4) is 0 Å². The maximum absolute atomic E-state index is 13.2. The predicted molar refractivity (Wildman–Crippen MR) is 111 cm³/mol. The number of benzene rings is 1. The summed E-state index contributed by atoms with van der Waals surface area (Å²) in [5.74, 6) is 0.299. The summed E-state index contributed by atoms with van der Waals surface area (Å²) in [6.45, 7) is 7.22. The molecule has 1 fully saturated rings. The van der Waals surface area contributed by atoms with Gasteiger partial charge in [-0.25, -0.2) is 17.8 Å². The van der Waals surface area contributed by atoms with Crippen LogP contribution in [0.2, 0.25) is 5.02 Å². The van der Waals surface area contributed by atoms with Gasteiger partial charge < -0.3 is 10.2 Å². The standard InChI is InChI=1S/C16H23ClFN3O2S.HI/c1-4-19-15(20-10-12-5-6-14(18)13(17)9-12)21-7-8-24(22,23)16(2,3)11-21;/h5-6,9H,4,7-8,10-11H2,1-3H3,(H,19,20);1H. The summed E-state index contributed by atoms with van der Waals surface area (Å²) in [7, 11) is -3.10. The first-order valence-electron chi connectivity index (χ1n) is 7.86. The summed E-state index contributed by atoms with van der Waals surface area (Å²) in [6.07, 6.45) is 0. The number of nitrogens with zero attached hydrogens (tertiary/aromatic N) is 2. The largest absolute Gasteiger partial charge is 0.357 e. The Morgan fingerprint density at radius 1 is 1.44 bits per heavy atom. The average molecular weight is 504 g/mol. The topological polar surface area (TPSA) is 61.8 Å². The normalized spacial score (nSPS) is 19.2. The van der Waals surface area contributed by atoms with Gasteiger partial charge in [-0.15, -0.1) is 24.0 Å². The molecular weight excluding hydrogens is 480 g/mol. The van der Waals surface area contributed by atoms with Gasteiger partial charge in [0.25, 0.3) is 0 Å². The summed E-state index contributed by atoms with van der Waals surface area (Å²) >= 11 is 5.79. The Hall–Kier alpha value is -0.610. The van der Waals surface area contributed by atoms with Crippen LogP contribution in [0.25, 0.3) is 0 Å². The van der Waals surface area contributed by atoms with Gasteiger partial charge in [-0.1, -0.05) is 17.7 Å². The second kappa shape index (κ2) is 8.85. The molecule has 5 nitrogen and oxygen atoms in total. The number of hydrogen-bond donors (Lipinski definition) is 1. The zero-order chi connectivity index (χ0) is 18.0. The van der Waals surface area contributed by atoms with Crippen LogP contribution in [0.15, 0.2) is 23.2 Å². The molecule has 0 radical (unpaired) electrons. The van der Waals surface area contributed by atoms with Gasteiger partial charge in [-0.2, -0.15) is 0 Å². The smallest absolute Gasteiger partial charge is 0.194 e. The highest BCUT2D eigenvalue weighted by atomic mass is 127. The average Bonchev–Trinajstić information content (AvgIpc) is 2.50. The van der Waals surface area contributed by atoms with Gasteiger partial charge in [-0.3, -0.25) is 0 Å². The number of halogens is 3. The molecule has 1 aliphatic rings. The third-order valence-electron chi connectivity index (χ3n) is 4.07. The van der Waals surface area contributed by atoms with Crippen LogP contribution < -0.4 is 5.32 Å². The Labute approximate surface area is 171 Å². The molecule has 2 rings (SSSR count). The quantitative estimate of drug-likeness (QED) is 0.391. The molecular formula is C16H24ClFIN3O2S. The van der Waals surface area contributed by atoms with Crippen LogP contribution in [-0.4, -0.2) is 49.4 Å². The Morgan fingerprint density at radius 3 is 2.68 bits per heavy atom. The second-order valence-electron chi connectivity index (χ2n) is 6.42. The van der Waals surface area contributed by atoms with E-state index in [4.69, 9.17) is 11.6 Å². The van der Waals surface area contributed by atoms with Gasteiger partial charge >= 0.3 is 0 Å². The number of nitrogens with one attached hydrogen (secondary N) is 1. The molecule has 0 amide bonds. The zero-order valence-electron chi connectivity index (χ0n) is 14.6. The first-order valence-corrected chi connectivity index (χ1v) is 9.89. The molecule has 1 heterocycles. The van der Waals surface area contributed by atoms with E-state index < -0.39 is 20.4 Å².